The molecule has 0 saturated carbocycles. The summed E-state index contributed by atoms with van der Waals surface area (Å²) in [6.45, 7) is 11.6. The number of esters is 1. The molecule has 0 aliphatic heterocycles. The number of aryl methyl sites for hydroxylation is 2. The Morgan fingerprint density at radius 2 is 1.82 bits per heavy atom. The molecule has 5 nitrogen and oxygen atoms in total. The van der Waals surface area contributed by atoms with Crippen LogP contribution in [-0.4, -0.2) is 24.3 Å². The molecule has 28 heavy (non-hydrogen) atoms. The van der Waals surface area contributed by atoms with Crippen LogP contribution in [0.2, 0.25) is 0 Å². The second-order valence-electron chi connectivity index (χ2n) is 7.72. The van der Waals surface area contributed by atoms with Gasteiger partial charge in [-0.1, -0.05) is 18.2 Å². The molecular formula is C22H29NO4S. The summed E-state index contributed by atoms with van der Waals surface area (Å²) in [5.41, 5.74) is 3.81. The molecule has 1 heterocycles. The van der Waals surface area contributed by atoms with Gasteiger partial charge in [0.2, 0.25) is 0 Å². The van der Waals surface area contributed by atoms with Crippen molar-refractivity contribution in [2.24, 2.45) is 0 Å². The lowest BCUT2D eigenvalue weighted by Gasteiger charge is -2.23. The van der Waals surface area contributed by atoms with E-state index in [4.69, 9.17) is 9.47 Å². The number of alkyl carbamates (subject to hydrolysis) is 1. The smallest absolute Gasteiger partial charge is 0.408 e. The molecule has 2 aromatic rings. The van der Waals surface area contributed by atoms with Crippen molar-refractivity contribution in [3.63, 3.8) is 0 Å². The molecule has 1 aromatic heterocycles. The van der Waals surface area contributed by atoms with E-state index in [1.54, 1.807) is 39.0 Å². The Morgan fingerprint density at radius 3 is 2.39 bits per heavy atom. The molecule has 1 unspecified atom stereocenters. The van der Waals surface area contributed by atoms with Gasteiger partial charge in [-0.15, -0.1) is 11.3 Å². The zero-order chi connectivity index (χ0) is 20.9. The third-order valence-corrected chi connectivity index (χ3v) is 5.08. The zero-order valence-electron chi connectivity index (χ0n) is 17.4. The largest absolute Gasteiger partial charge is 0.466 e. The van der Waals surface area contributed by atoms with Gasteiger partial charge in [-0.2, -0.15) is 0 Å². The average Bonchev–Trinajstić information content (AvgIpc) is 3.02. The highest BCUT2D eigenvalue weighted by atomic mass is 32.1. The quantitative estimate of drug-likeness (QED) is 0.642. The van der Waals surface area contributed by atoms with Crippen LogP contribution in [0.25, 0.3) is 10.4 Å². The minimum absolute atomic E-state index is 0.0516. The standard InChI is InChI=1S/C22H29NO4S/c1-7-26-19(24)12-17(23-21(25)27-22(4,5)6)16-11-18(28-13-16)20-14(2)9-8-10-15(20)3/h8-11,13,17H,7,12H2,1-6H3,(H,23,25). The predicted molar refractivity (Wildman–Crippen MR) is 113 cm³/mol. The molecule has 0 spiro atoms. The van der Waals surface area contributed by atoms with Gasteiger partial charge in [-0.3, -0.25) is 4.79 Å². The molecule has 0 radical (unpaired) electrons. The second-order valence-corrected chi connectivity index (χ2v) is 8.63. The molecule has 0 aliphatic rings. The zero-order valence-corrected chi connectivity index (χ0v) is 18.2. The summed E-state index contributed by atoms with van der Waals surface area (Å²) >= 11 is 1.60. The lowest BCUT2D eigenvalue weighted by Crippen LogP contribution is -2.35. The molecule has 0 fully saturated rings. The van der Waals surface area contributed by atoms with Crippen molar-refractivity contribution in [1.29, 1.82) is 0 Å². The Kier molecular flexibility index (Phi) is 7.24. The van der Waals surface area contributed by atoms with Crippen LogP contribution < -0.4 is 5.32 Å². The lowest BCUT2D eigenvalue weighted by atomic mass is 10.00. The van der Waals surface area contributed by atoms with E-state index in [2.05, 4.69) is 31.3 Å². The first-order valence-electron chi connectivity index (χ1n) is 9.41. The minimum Gasteiger partial charge on any atom is -0.466 e. The molecule has 152 valence electrons. The minimum atomic E-state index is -0.614. The molecule has 6 heteroatoms. The van der Waals surface area contributed by atoms with Crippen molar-refractivity contribution >= 4 is 23.4 Å². The third kappa shape index (κ3) is 6.09. The van der Waals surface area contributed by atoms with E-state index in [9.17, 15) is 9.59 Å². The average molecular weight is 404 g/mol. The van der Waals surface area contributed by atoms with E-state index in [1.807, 2.05) is 17.5 Å². The molecule has 0 saturated heterocycles. The van der Waals surface area contributed by atoms with Crippen molar-refractivity contribution in [2.45, 2.75) is 59.6 Å². The summed E-state index contributed by atoms with van der Waals surface area (Å²) in [5, 5.41) is 4.79. The number of amides is 1. The molecule has 1 aromatic carbocycles. The van der Waals surface area contributed by atoms with Crippen molar-refractivity contribution in [3.05, 3.63) is 46.3 Å². The van der Waals surface area contributed by atoms with Gasteiger partial charge in [0, 0.05) is 4.88 Å². The predicted octanol–water partition coefficient (Wildman–Crippen LogP) is 5.55. The molecule has 2 rings (SSSR count). The first-order valence-corrected chi connectivity index (χ1v) is 10.3. The number of thiophene rings is 1. The van der Waals surface area contributed by atoms with Gasteiger partial charge >= 0.3 is 12.1 Å². The maximum Gasteiger partial charge on any atom is 0.408 e. The number of carbonyl (C=O) groups is 2. The summed E-state index contributed by atoms with van der Waals surface area (Å²) in [7, 11) is 0. The Morgan fingerprint density at radius 1 is 1.18 bits per heavy atom. The number of rotatable bonds is 6. The van der Waals surface area contributed by atoms with E-state index in [-0.39, 0.29) is 12.4 Å². The van der Waals surface area contributed by atoms with Crippen LogP contribution in [0, 0.1) is 13.8 Å². The second kappa shape index (κ2) is 9.24. The van der Waals surface area contributed by atoms with Crippen LogP contribution in [0.4, 0.5) is 4.79 Å². The maximum absolute atomic E-state index is 12.3. The van der Waals surface area contributed by atoms with Crippen molar-refractivity contribution < 1.29 is 19.1 Å². The van der Waals surface area contributed by atoms with Crippen LogP contribution >= 0.6 is 11.3 Å². The summed E-state index contributed by atoms with van der Waals surface area (Å²) < 4.78 is 10.4. The van der Waals surface area contributed by atoms with Crippen molar-refractivity contribution in [1.82, 2.24) is 5.32 Å². The monoisotopic (exact) mass is 403 g/mol. The Hall–Kier alpha value is -2.34. The summed E-state index contributed by atoms with van der Waals surface area (Å²) in [6.07, 6.45) is -0.502. The third-order valence-electron chi connectivity index (χ3n) is 4.12. The van der Waals surface area contributed by atoms with Crippen molar-refractivity contribution in [2.75, 3.05) is 6.61 Å². The highest BCUT2D eigenvalue weighted by Gasteiger charge is 2.24. The molecule has 1 atom stereocenters. The molecule has 1 amide bonds. The van der Waals surface area contributed by atoms with Crippen LogP contribution in [0.3, 0.4) is 0 Å². The van der Waals surface area contributed by atoms with Gasteiger partial charge in [0.15, 0.2) is 0 Å². The normalized spacial score (nSPS) is 12.4. The maximum atomic E-state index is 12.3. The number of ether oxygens (including phenoxy) is 2. The Labute approximate surface area is 171 Å². The summed E-state index contributed by atoms with van der Waals surface area (Å²) in [4.78, 5) is 25.5. The van der Waals surface area contributed by atoms with Gasteiger partial charge < -0.3 is 14.8 Å². The molecule has 0 aliphatic carbocycles. The highest BCUT2D eigenvalue weighted by molar-refractivity contribution is 7.13. The number of hydrogen-bond acceptors (Lipinski definition) is 5. The van der Waals surface area contributed by atoms with E-state index in [0.717, 1.165) is 10.4 Å². The van der Waals surface area contributed by atoms with Gasteiger partial charge in [-0.05, 0) is 75.2 Å². The summed E-state index contributed by atoms with van der Waals surface area (Å²) in [5.74, 6) is -0.358. The Balaban J connectivity index is 2.29. The van der Waals surface area contributed by atoms with Gasteiger partial charge in [0.25, 0.3) is 0 Å². The fraction of sp³-hybridized carbons (Fsp3) is 0.455. The number of hydrogen-bond donors (Lipinski definition) is 1. The van der Waals surface area contributed by atoms with Crippen LogP contribution in [0.15, 0.2) is 29.6 Å². The van der Waals surface area contributed by atoms with Crippen LogP contribution in [0.1, 0.15) is 56.8 Å². The summed E-state index contributed by atoms with van der Waals surface area (Å²) in [6, 6.07) is 7.72. The number of carbonyl (C=O) groups excluding carboxylic acids is 2. The van der Waals surface area contributed by atoms with Gasteiger partial charge in [0.1, 0.15) is 5.60 Å². The van der Waals surface area contributed by atoms with E-state index < -0.39 is 17.7 Å². The number of benzene rings is 1. The van der Waals surface area contributed by atoms with Gasteiger partial charge in [-0.25, -0.2) is 4.79 Å². The first-order chi connectivity index (χ1) is 13.1. The molecular weight excluding hydrogens is 374 g/mol. The topological polar surface area (TPSA) is 64.6 Å². The Bertz CT molecular complexity index is 815. The van der Waals surface area contributed by atoms with E-state index in [0.29, 0.717) is 6.61 Å². The lowest BCUT2D eigenvalue weighted by molar-refractivity contribution is -0.143. The van der Waals surface area contributed by atoms with Crippen LogP contribution in [-0.2, 0) is 14.3 Å². The molecule has 0 bridgehead atoms. The van der Waals surface area contributed by atoms with Crippen molar-refractivity contribution in [3.8, 4) is 10.4 Å². The SMILES string of the molecule is CCOC(=O)CC(NC(=O)OC(C)(C)C)c1csc(-c2c(C)cccc2C)c1. The first kappa shape index (κ1) is 22.0. The number of nitrogens with one attached hydrogen (secondary N) is 1. The van der Waals surface area contributed by atoms with Gasteiger partial charge in [0.05, 0.1) is 19.1 Å². The van der Waals surface area contributed by atoms with E-state index >= 15 is 0 Å². The van der Waals surface area contributed by atoms with E-state index in [1.165, 1.54) is 16.7 Å². The van der Waals surface area contributed by atoms with Crippen LogP contribution in [0.5, 0.6) is 0 Å². The fourth-order valence-corrected chi connectivity index (χ4v) is 4.10. The highest BCUT2D eigenvalue weighted by Crippen LogP contribution is 2.35. The molecule has 1 N–H and O–H groups in total. The fourth-order valence-electron chi connectivity index (χ4n) is 2.96.